The van der Waals surface area contributed by atoms with Gasteiger partial charge in [-0.2, -0.15) is 0 Å². The number of ether oxygens (including phenoxy) is 1. The summed E-state index contributed by atoms with van der Waals surface area (Å²) in [5, 5.41) is 4.05. The van der Waals surface area contributed by atoms with Crippen LogP contribution in [0.5, 0.6) is 0 Å². The van der Waals surface area contributed by atoms with E-state index in [2.05, 4.69) is 5.32 Å². The second-order valence-corrected chi connectivity index (χ2v) is 7.49. The zero-order chi connectivity index (χ0) is 13.8. The molecule has 0 aromatic rings. The number of nitrogens with one attached hydrogen (secondary N) is 1. The van der Waals surface area contributed by atoms with Crippen LogP contribution in [0, 0.1) is 11.8 Å². The van der Waals surface area contributed by atoms with Crippen LogP contribution in [0.1, 0.15) is 77.0 Å². The van der Waals surface area contributed by atoms with Crippen LogP contribution < -0.4 is 5.32 Å². The molecule has 0 aromatic heterocycles. The third-order valence-corrected chi connectivity index (χ3v) is 6.24. The Labute approximate surface area is 125 Å². The van der Waals surface area contributed by atoms with E-state index in [-0.39, 0.29) is 0 Å². The first-order valence-electron chi connectivity index (χ1n) is 9.15. The fourth-order valence-electron chi connectivity index (χ4n) is 5.10. The van der Waals surface area contributed by atoms with E-state index >= 15 is 0 Å². The maximum absolute atomic E-state index is 5.53. The Morgan fingerprint density at radius 3 is 2.30 bits per heavy atom. The highest BCUT2D eigenvalue weighted by molar-refractivity contribution is 4.91. The lowest BCUT2D eigenvalue weighted by Crippen LogP contribution is -2.46. The summed E-state index contributed by atoms with van der Waals surface area (Å²) in [6, 6.07) is 1.54. The Morgan fingerprint density at radius 1 is 0.800 bits per heavy atom. The summed E-state index contributed by atoms with van der Waals surface area (Å²) >= 11 is 0. The third-order valence-electron chi connectivity index (χ3n) is 6.24. The molecule has 0 radical (unpaired) electrons. The highest BCUT2D eigenvalue weighted by Gasteiger charge is 2.35. The Kier molecular flexibility index (Phi) is 5.39. The van der Waals surface area contributed by atoms with Gasteiger partial charge in [0.05, 0.1) is 6.10 Å². The number of methoxy groups -OCH3 is 1. The average Bonchev–Trinajstić information content (AvgIpc) is 2.96. The molecule has 4 atom stereocenters. The quantitative estimate of drug-likeness (QED) is 0.829. The lowest BCUT2D eigenvalue weighted by Gasteiger charge is -2.40. The molecule has 0 spiro atoms. The van der Waals surface area contributed by atoms with Crippen molar-refractivity contribution in [3.8, 4) is 0 Å². The van der Waals surface area contributed by atoms with Crippen LogP contribution in [0.2, 0.25) is 0 Å². The van der Waals surface area contributed by atoms with E-state index in [1.165, 1.54) is 77.0 Å². The summed E-state index contributed by atoms with van der Waals surface area (Å²) in [5.41, 5.74) is 0. The summed E-state index contributed by atoms with van der Waals surface area (Å²) in [6.07, 6.45) is 17.7. The van der Waals surface area contributed by atoms with Gasteiger partial charge in [-0.05, 0) is 43.9 Å². The second kappa shape index (κ2) is 7.26. The standard InChI is InChI=1S/C18H33NO/c1-20-16-12-11-15(13-16)19-18-10-6-5-9-17(18)14-7-3-2-4-8-14/h14-19H,2-13H2,1H3. The van der Waals surface area contributed by atoms with Crippen molar-refractivity contribution in [3.05, 3.63) is 0 Å². The molecule has 20 heavy (non-hydrogen) atoms. The van der Waals surface area contributed by atoms with Crippen molar-refractivity contribution in [1.29, 1.82) is 0 Å². The molecule has 4 unspecified atom stereocenters. The highest BCUT2D eigenvalue weighted by Crippen LogP contribution is 2.39. The van der Waals surface area contributed by atoms with E-state index in [0.717, 1.165) is 23.9 Å². The molecular formula is C18H33NO. The van der Waals surface area contributed by atoms with E-state index in [9.17, 15) is 0 Å². The summed E-state index contributed by atoms with van der Waals surface area (Å²) in [5.74, 6) is 2.01. The van der Waals surface area contributed by atoms with Gasteiger partial charge in [0.25, 0.3) is 0 Å². The largest absolute Gasteiger partial charge is 0.381 e. The van der Waals surface area contributed by atoms with Crippen LogP contribution in [-0.4, -0.2) is 25.3 Å². The number of hydrogen-bond donors (Lipinski definition) is 1. The van der Waals surface area contributed by atoms with Crippen LogP contribution in [0.4, 0.5) is 0 Å². The topological polar surface area (TPSA) is 21.3 Å². The fourth-order valence-corrected chi connectivity index (χ4v) is 5.10. The predicted octanol–water partition coefficient (Wildman–Crippen LogP) is 4.28. The van der Waals surface area contributed by atoms with Crippen molar-refractivity contribution in [2.24, 2.45) is 11.8 Å². The monoisotopic (exact) mass is 279 g/mol. The van der Waals surface area contributed by atoms with E-state index in [4.69, 9.17) is 4.74 Å². The zero-order valence-corrected chi connectivity index (χ0v) is 13.3. The molecule has 0 amide bonds. The minimum atomic E-state index is 0.518. The van der Waals surface area contributed by atoms with Gasteiger partial charge >= 0.3 is 0 Å². The van der Waals surface area contributed by atoms with Gasteiger partial charge in [0.15, 0.2) is 0 Å². The van der Waals surface area contributed by atoms with Gasteiger partial charge in [-0.15, -0.1) is 0 Å². The molecule has 2 heteroatoms. The molecule has 0 heterocycles. The van der Waals surface area contributed by atoms with Crippen LogP contribution >= 0.6 is 0 Å². The maximum Gasteiger partial charge on any atom is 0.0586 e. The van der Waals surface area contributed by atoms with Crippen LogP contribution in [0.3, 0.4) is 0 Å². The first-order chi connectivity index (χ1) is 9.86. The summed E-state index contributed by atoms with van der Waals surface area (Å²) < 4.78 is 5.53. The SMILES string of the molecule is COC1CCC(NC2CCCCC2C2CCCCC2)C1. The molecule has 0 aliphatic heterocycles. The third kappa shape index (κ3) is 3.57. The van der Waals surface area contributed by atoms with Crippen LogP contribution in [-0.2, 0) is 4.74 Å². The van der Waals surface area contributed by atoms with Crippen LogP contribution in [0.25, 0.3) is 0 Å². The van der Waals surface area contributed by atoms with Crippen molar-refractivity contribution < 1.29 is 4.74 Å². The van der Waals surface area contributed by atoms with Gasteiger partial charge in [-0.3, -0.25) is 0 Å². The van der Waals surface area contributed by atoms with Crippen LogP contribution in [0.15, 0.2) is 0 Å². The van der Waals surface area contributed by atoms with Gasteiger partial charge < -0.3 is 10.1 Å². The molecule has 0 bridgehead atoms. The molecule has 0 saturated heterocycles. The average molecular weight is 279 g/mol. The first-order valence-corrected chi connectivity index (χ1v) is 9.15. The van der Waals surface area contributed by atoms with Gasteiger partial charge in [-0.25, -0.2) is 0 Å². The lowest BCUT2D eigenvalue weighted by molar-refractivity contribution is 0.102. The van der Waals surface area contributed by atoms with E-state index in [1.54, 1.807) is 0 Å². The Balaban J connectivity index is 1.55. The van der Waals surface area contributed by atoms with Crippen molar-refractivity contribution in [2.45, 2.75) is 95.2 Å². The zero-order valence-electron chi connectivity index (χ0n) is 13.3. The lowest BCUT2D eigenvalue weighted by atomic mass is 9.71. The van der Waals surface area contributed by atoms with E-state index in [0.29, 0.717) is 6.10 Å². The molecular weight excluding hydrogens is 246 g/mol. The molecule has 1 N–H and O–H groups in total. The van der Waals surface area contributed by atoms with Crippen molar-refractivity contribution in [1.82, 2.24) is 5.32 Å². The highest BCUT2D eigenvalue weighted by atomic mass is 16.5. The molecule has 3 saturated carbocycles. The molecule has 2 nitrogen and oxygen atoms in total. The molecule has 3 aliphatic carbocycles. The van der Waals surface area contributed by atoms with E-state index < -0.39 is 0 Å². The summed E-state index contributed by atoms with van der Waals surface area (Å²) in [6.45, 7) is 0. The second-order valence-electron chi connectivity index (χ2n) is 7.49. The van der Waals surface area contributed by atoms with Gasteiger partial charge in [0, 0.05) is 19.2 Å². The molecule has 0 aromatic carbocycles. The fraction of sp³-hybridized carbons (Fsp3) is 1.00. The summed E-state index contributed by atoms with van der Waals surface area (Å²) in [7, 11) is 1.87. The smallest absolute Gasteiger partial charge is 0.0586 e. The number of rotatable bonds is 4. The first kappa shape index (κ1) is 14.8. The molecule has 116 valence electrons. The van der Waals surface area contributed by atoms with Gasteiger partial charge in [-0.1, -0.05) is 44.9 Å². The Hall–Kier alpha value is -0.0800. The molecule has 3 aliphatic rings. The minimum Gasteiger partial charge on any atom is -0.381 e. The van der Waals surface area contributed by atoms with Crippen molar-refractivity contribution in [2.75, 3.05) is 7.11 Å². The minimum absolute atomic E-state index is 0.518. The molecule has 3 rings (SSSR count). The Morgan fingerprint density at radius 2 is 1.55 bits per heavy atom. The van der Waals surface area contributed by atoms with Crippen molar-refractivity contribution in [3.63, 3.8) is 0 Å². The predicted molar refractivity (Wildman–Crippen MR) is 83.9 cm³/mol. The van der Waals surface area contributed by atoms with E-state index in [1.807, 2.05) is 7.11 Å². The van der Waals surface area contributed by atoms with Crippen molar-refractivity contribution >= 4 is 0 Å². The normalized spacial score (nSPS) is 40.0. The van der Waals surface area contributed by atoms with Gasteiger partial charge in [0.2, 0.25) is 0 Å². The number of hydrogen-bond acceptors (Lipinski definition) is 2. The molecule has 3 fully saturated rings. The maximum atomic E-state index is 5.53. The Bertz CT molecular complexity index is 287. The summed E-state index contributed by atoms with van der Waals surface area (Å²) in [4.78, 5) is 0. The van der Waals surface area contributed by atoms with Gasteiger partial charge in [0.1, 0.15) is 0 Å².